The number of nitriles is 1. The fraction of sp³-hybridized carbons (Fsp3) is 0. The van der Waals surface area contributed by atoms with Gasteiger partial charge >= 0.3 is 0 Å². The third-order valence-electron chi connectivity index (χ3n) is 2.19. The van der Waals surface area contributed by atoms with E-state index < -0.39 is 0 Å². The van der Waals surface area contributed by atoms with Gasteiger partial charge in [0.2, 0.25) is 0 Å². The molecule has 1 aromatic carbocycles. The van der Waals surface area contributed by atoms with Crippen molar-refractivity contribution in [2.45, 2.75) is 0 Å². The molecule has 90 valence electrons. The number of aromatic nitrogens is 2. The van der Waals surface area contributed by atoms with E-state index in [0.29, 0.717) is 17.1 Å². The number of nitrogens with one attached hydrogen (secondary N) is 1. The molecule has 0 saturated heterocycles. The first-order chi connectivity index (χ1) is 8.61. The second-order valence-corrected chi connectivity index (χ2v) is 4.63. The molecule has 0 aliphatic heterocycles. The summed E-state index contributed by atoms with van der Waals surface area (Å²) in [7, 11) is 0. The number of rotatable bonds is 2. The van der Waals surface area contributed by atoms with Crippen LogP contribution in [0.4, 0.5) is 17.2 Å². The largest absolute Gasteiger partial charge is 0.393 e. The lowest BCUT2D eigenvalue weighted by molar-refractivity contribution is 1.17. The second-order valence-electron chi connectivity index (χ2n) is 3.35. The molecule has 1 heterocycles. The predicted molar refractivity (Wildman–Crippen MR) is 73.6 cm³/mol. The number of benzene rings is 1. The van der Waals surface area contributed by atoms with Crippen LogP contribution < -0.4 is 11.1 Å². The predicted octanol–water partition coefficient (Wildman–Crippen LogP) is 3.09. The zero-order chi connectivity index (χ0) is 13.1. The zero-order valence-corrected chi connectivity index (χ0v) is 11.3. The Bertz CT molecular complexity index is 638. The van der Waals surface area contributed by atoms with Gasteiger partial charge in [0.1, 0.15) is 18.1 Å². The standard InChI is InChI=1S/C11H7BrClN5/c12-7-1-2-8(6(3-7)4-14)18-11-9(15)10(13)16-5-17-11/h1-3,5H,15H2,(H,16,17,18). The number of nitrogens with two attached hydrogens (primary N) is 1. The van der Waals surface area contributed by atoms with Crippen molar-refractivity contribution in [3.63, 3.8) is 0 Å². The van der Waals surface area contributed by atoms with Gasteiger partial charge in [-0.1, -0.05) is 27.5 Å². The third kappa shape index (κ3) is 2.53. The zero-order valence-electron chi connectivity index (χ0n) is 8.98. The highest BCUT2D eigenvalue weighted by atomic mass is 79.9. The van der Waals surface area contributed by atoms with E-state index in [1.54, 1.807) is 12.1 Å². The summed E-state index contributed by atoms with van der Waals surface area (Å²) >= 11 is 9.09. The molecule has 0 fully saturated rings. The smallest absolute Gasteiger partial charge is 0.158 e. The molecule has 0 radical (unpaired) electrons. The van der Waals surface area contributed by atoms with Crippen molar-refractivity contribution in [3.05, 3.63) is 39.7 Å². The van der Waals surface area contributed by atoms with Crippen LogP contribution in [0.1, 0.15) is 5.56 Å². The Balaban J connectivity index is 2.41. The van der Waals surface area contributed by atoms with Crippen LogP contribution in [-0.4, -0.2) is 9.97 Å². The summed E-state index contributed by atoms with van der Waals surface area (Å²) in [6.45, 7) is 0. The minimum absolute atomic E-state index is 0.170. The number of nitrogens with zero attached hydrogens (tertiary/aromatic N) is 3. The van der Waals surface area contributed by atoms with E-state index in [1.165, 1.54) is 6.33 Å². The molecule has 0 saturated carbocycles. The first-order valence-corrected chi connectivity index (χ1v) is 6.01. The van der Waals surface area contributed by atoms with Crippen LogP contribution in [0.15, 0.2) is 29.0 Å². The van der Waals surface area contributed by atoms with Gasteiger partial charge in [-0.25, -0.2) is 9.97 Å². The molecule has 0 atom stereocenters. The topological polar surface area (TPSA) is 87.6 Å². The fourth-order valence-electron chi connectivity index (χ4n) is 1.32. The van der Waals surface area contributed by atoms with Crippen LogP contribution in [0.3, 0.4) is 0 Å². The van der Waals surface area contributed by atoms with Gasteiger partial charge in [-0.05, 0) is 18.2 Å². The van der Waals surface area contributed by atoms with Gasteiger partial charge in [-0.2, -0.15) is 5.26 Å². The van der Waals surface area contributed by atoms with Gasteiger partial charge in [0.15, 0.2) is 11.0 Å². The van der Waals surface area contributed by atoms with Gasteiger partial charge in [0.05, 0.1) is 11.3 Å². The molecule has 1 aromatic heterocycles. The molecule has 0 bridgehead atoms. The van der Waals surface area contributed by atoms with Crippen molar-refractivity contribution in [1.29, 1.82) is 5.26 Å². The Morgan fingerprint density at radius 3 is 2.89 bits per heavy atom. The van der Waals surface area contributed by atoms with Crippen molar-refractivity contribution in [1.82, 2.24) is 9.97 Å². The number of hydrogen-bond acceptors (Lipinski definition) is 5. The molecular weight excluding hydrogens is 318 g/mol. The van der Waals surface area contributed by atoms with Gasteiger partial charge in [-0.15, -0.1) is 0 Å². The number of halogens is 2. The molecule has 0 unspecified atom stereocenters. The summed E-state index contributed by atoms with van der Waals surface area (Å²) < 4.78 is 0.818. The number of nitrogen functional groups attached to an aromatic ring is 1. The molecule has 18 heavy (non-hydrogen) atoms. The van der Waals surface area contributed by atoms with E-state index in [1.807, 2.05) is 6.07 Å². The molecule has 2 rings (SSSR count). The highest BCUT2D eigenvalue weighted by molar-refractivity contribution is 9.10. The van der Waals surface area contributed by atoms with Gasteiger partial charge in [0.25, 0.3) is 0 Å². The van der Waals surface area contributed by atoms with Crippen LogP contribution in [-0.2, 0) is 0 Å². The first kappa shape index (κ1) is 12.6. The maximum absolute atomic E-state index is 9.04. The SMILES string of the molecule is N#Cc1cc(Br)ccc1Nc1ncnc(Cl)c1N. The molecule has 0 spiro atoms. The number of anilines is 3. The van der Waals surface area contributed by atoms with E-state index in [0.717, 1.165) is 4.47 Å². The van der Waals surface area contributed by atoms with Crippen molar-refractivity contribution in [2.24, 2.45) is 0 Å². The minimum Gasteiger partial charge on any atom is -0.393 e. The average Bonchev–Trinajstić information content (AvgIpc) is 2.37. The Morgan fingerprint density at radius 1 is 1.39 bits per heavy atom. The summed E-state index contributed by atoms with van der Waals surface area (Å²) in [6, 6.07) is 7.33. The lowest BCUT2D eigenvalue weighted by Gasteiger charge is -2.10. The van der Waals surface area contributed by atoms with E-state index in [4.69, 9.17) is 22.6 Å². The molecule has 0 aliphatic rings. The van der Waals surface area contributed by atoms with Gasteiger partial charge < -0.3 is 11.1 Å². The lowest BCUT2D eigenvalue weighted by Crippen LogP contribution is -2.02. The summed E-state index contributed by atoms with van der Waals surface area (Å²) in [6.07, 6.45) is 1.30. The quantitative estimate of drug-likeness (QED) is 0.829. The van der Waals surface area contributed by atoms with E-state index in [-0.39, 0.29) is 10.8 Å². The molecule has 0 aliphatic carbocycles. The molecular formula is C11H7BrClN5. The van der Waals surface area contributed by atoms with Crippen LogP contribution in [0.5, 0.6) is 0 Å². The van der Waals surface area contributed by atoms with Crippen LogP contribution in [0, 0.1) is 11.3 Å². The van der Waals surface area contributed by atoms with Crippen LogP contribution in [0.2, 0.25) is 5.15 Å². The second kappa shape index (κ2) is 5.21. The van der Waals surface area contributed by atoms with Crippen molar-refractivity contribution in [2.75, 3.05) is 11.1 Å². The molecule has 2 aromatic rings. The minimum atomic E-state index is 0.170. The van der Waals surface area contributed by atoms with Crippen LogP contribution in [0.25, 0.3) is 0 Å². The van der Waals surface area contributed by atoms with Crippen LogP contribution >= 0.6 is 27.5 Å². The normalized spacial score (nSPS) is 9.83. The average molecular weight is 325 g/mol. The molecule has 3 N–H and O–H groups in total. The highest BCUT2D eigenvalue weighted by Gasteiger charge is 2.09. The van der Waals surface area contributed by atoms with Crippen molar-refractivity contribution < 1.29 is 0 Å². The number of hydrogen-bond donors (Lipinski definition) is 2. The van der Waals surface area contributed by atoms with E-state index in [9.17, 15) is 0 Å². The Labute approximate surface area is 117 Å². The monoisotopic (exact) mass is 323 g/mol. The van der Waals surface area contributed by atoms with E-state index in [2.05, 4.69) is 37.3 Å². The summed E-state index contributed by atoms with van der Waals surface area (Å²) in [5, 5.41) is 12.2. The molecule has 5 nitrogen and oxygen atoms in total. The lowest BCUT2D eigenvalue weighted by atomic mass is 10.2. The third-order valence-corrected chi connectivity index (χ3v) is 2.98. The summed E-state index contributed by atoms with van der Waals surface area (Å²) in [5.41, 5.74) is 7.05. The van der Waals surface area contributed by atoms with Crippen molar-refractivity contribution in [3.8, 4) is 6.07 Å². The summed E-state index contributed by atoms with van der Waals surface area (Å²) in [4.78, 5) is 7.73. The maximum Gasteiger partial charge on any atom is 0.158 e. The molecule has 0 amide bonds. The van der Waals surface area contributed by atoms with Gasteiger partial charge in [-0.3, -0.25) is 0 Å². The van der Waals surface area contributed by atoms with E-state index >= 15 is 0 Å². The van der Waals surface area contributed by atoms with Crippen molar-refractivity contribution >= 4 is 44.7 Å². The summed E-state index contributed by atoms with van der Waals surface area (Å²) in [5.74, 6) is 0.369. The first-order valence-electron chi connectivity index (χ1n) is 4.84. The Kier molecular flexibility index (Phi) is 3.65. The maximum atomic E-state index is 9.04. The Morgan fingerprint density at radius 2 is 2.17 bits per heavy atom. The van der Waals surface area contributed by atoms with Gasteiger partial charge in [0, 0.05) is 4.47 Å². The molecule has 7 heteroatoms. The highest BCUT2D eigenvalue weighted by Crippen LogP contribution is 2.28. The fourth-order valence-corrected chi connectivity index (χ4v) is 1.81. The Hall–Kier alpha value is -1.84.